The van der Waals surface area contributed by atoms with Crippen molar-refractivity contribution >= 4 is 46.0 Å². The number of aliphatic hydroxyl groups is 2. The Morgan fingerprint density at radius 1 is 0.790 bits per heavy atom. The molecule has 3 fully saturated rings. The Morgan fingerprint density at radius 2 is 1.42 bits per heavy atom. The van der Waals surface area contributed by atoms with Crippen LogP contribution in [0.5, 0.6) is 0 Å². The van der Waals surface area contributed by atoms with Gasteiger partial charge in [-0.3, -0.25) is 24.2 Å². The molecule has 2 aliphatic heterocycles. The Hall–Kier alpha value is -5.63. The van der Waals surface area contributed by atoms with Crippen LogP contribution >= 0.6 is 11.3 Å². The molecule has 2 saturated heterocycles. The molecule has 0 unspecified atom stereocenters. The van der Waals surface area contributed by atoms with Crippen molar-refractivity contribution in [3.05, 3.63) is 83.3 Å². The lowest BCUT2D eigenvalue weighted by molar-refractivity contribution is -0.144. The number of aryl methyl sites for hydroxylation is 1. The number of hydrogen-bond acceptors (Lipinski definition) is 16. The van der Waals surface area contributed by atoms with E-state index in [-0.39, 0.29) is 69.9 Å². The van der Waals surface area contributed by atoms with E-state index in [4.69, 9.17) is 18.9 Å². The number of piperazine rings is 1. The van der Waals surface area contributed by atoms with Crippen LogP contribution in [0.1, 0.15) is 82.2 Å². The van der Waals surface area contributed by atoms with Gasteiger partial charge in [-0.15, -0.1) is 11.3 Å². The maximum absolute atomic E-state index is 14.0. The molecule has 23 heteroatoms. The first-order valence-electron chi connectivity index (χ1n) is 28.1. The number of anilines is 1. The molecule has 3 aromatic heterocycles. The average molecular weight is 1150 g/mol. The number of fused-ring (bicyclic) bond motifs is 1. The number of thiazole rings is 1. The number of β-amino-alcohol motifs (C(OH)–C–C–N with tert-alkyl or cyclic N) is 1. The summed E-state index contributed by atoms with van der Waals surface area (Å²) in [4.78, 5) is 61.1. The second-order valence-corrected chi connectivity index (χ2v) is 23.1. The SMILES string of the molecule is Cc1ncsc1-c1ccc(CNC(=O)[C@@H]2C[C@@H](O)CN2C(=O)[C@@H](NC(=O)COCCOCCOCCOCCN2CCN(Cc3ccc(-c4cn(C5CCC(O)CC5)c5nc(NCCC(F)(F)F)ncc45)cc3)CC2)C(C)(C)C)cc1. The molecule has 19 nitrogen and oxygen atoms in total. The van der Waals surface area contributed by atoms with Crippen LogP contribution in [0.3, 0.4) is 0 Å². The molecule has 3 atom stereocenters. The van der Waals surface area contributed by atoms with Gasteiger partial charge in [-0.05, 0) is 60.3 Å². The minimum absolute atomic E-state index is 0.0213. The van der Waals surface area contributed by atoms with Gasteiger partial charge in [0.1, 0.15) is 24.3 Å². The molecule has 3 amide bonds. The lowest BCUT2D eigenvalue weighted by atomic mass is 9.85. The lowest BCUT2D eigenvalue weighted by Crippen LogP contribution is -2.58. The van der Waals surface area contributed by atoms with Crippen LogP contribution in [0.15, 0.2) is 66.4 Å². The van der Waals surface area contributed by atoms with Crippen molar-refractivity contribution in [3.63, 3.8) is 0 Å². The van der Waals surface area contributed by atoms with Crippen LogP contribution in [0.25, 0.3) is 32.6 Å². The molecule has 0 bridgehead atoms. The fourth-order valence-electron chi connectivity index (χ4n) is 10.5. The predicted molar refractivity (Wildman–Crippen MR) is 302 cm³/mol. The summed E-state index contributed by atoms with van der Waals surface area (Å²) in [5.41, 5.74) is 7.84. The number of hydrogen-bond donors (Lipinski definition) is 5. The Morgan fingerprint density at radius 3 is 2.06 bits per heavy atom. The van der Waals surface area contributed by atoms with E-state index in [1.807, 2.05) is 57.5 Å². The van der Waals surface area contributed by atoms with Crippen molar-refractivity contribution in [2.24, 2.45) is 5.41 Å². The Balaban J connectivity index is 0.658. The van der Waals surface area contributed by atoms with Crippen molar-refractivity contribution in [1.82, 2.24) is 44.9 Å². The maximum Gasteiger partial charge on any atom is 0.390 e. The van der Waals surface area contributed by atoms with E-state index in [9.17, 15) is 37.8 Å². The molecular formula is C58H79F3N10O9S. The zero-order valence-electron chi connectivity index (χ0n) is 46.9. The predicted octanol–water partition coefficient (Wildman–Crippen LogP) is 6.36. The average Bonchev–Trinajstić information content (AvgIpc) is 4.19. The van der Waals surface area contributed by atoms with E-state index >= 15 is 0 Å². The fourth-order valence-corrected chi connectivity index (χ4v) is 11.3. The smallest absolute Gasteiger partial charge is 0.390 e. The number of alkyl halides is 3. The van der Waals surface area contributed by atoms with Crippen LogP contribution in [0.2, 0.25) is 0 Å². The summed E-state index contributed by atoms with van der Waals surface area (Å²) < 4.78 is 63.3. The number of nitrogens with zero attached hydrogens (tertiary/aromatic N) is 7. The summed E-state index contributed by atoms with van der Waals surface area (Å²) >= 11 is 1.57. The molecular weight excluding hydrogens is 1070 g/mol. The topological polar surface area (TPSA) is 218 Å². The van der Waals surface area contributed by atoms with E-state index < -0.39 is 48.0 Å². The highest BCUT2D eigenvalue weighted by atomic mass is 32.1. The summed E-state index contributed by atoms with van der Waals surface area (Å²) in [6.07, 6.45) is 0.339. The number of aromatic nitrogens is 4. The Bertz CT molecular complexity index is 2800. The van der Waals surface area contributed by atoms with E-state index in [0.29, 0.717) is 51.5 Å². The molecule has 0 spiro atoms. The Labute approximate surface area is 475 Å². The van der Waals surface area contributed by atoms with Crippen molar-refractivity contribution < 1.29 is 56.7 Å². The van der Waals surface area contributed by atoms with E-state index in [1.165, 1.54) is 10.5 Å². The number of rotatable bonds is 27. The molecule has 2 aromatic carbocycles. The summed E-state index contributed by atoms with van der Waals surface area (Å²) in [5.74, 6) is -1.15. The van der Waals surface area contributed by atoms with Gasteiger partial charge >= 0.3 is 6.18 Å². The normalized spacial score (nSPS) is 19.7. The van der Waals surface area contributed by atoms with Crippen molar-refractivity contribution in [2.45, 2.75) is 116 Å². The minimum atomic E-state index is -4.28. The number of carbonyl (C=O) groups excluding carboxylic acids is 3. The molecule has 1 aliphatic carbocycles. The molecule has 0 radical (unpaired) electrons. The van der Waals surface area contributed by atoms with Gasteiger partial charge < -0.3 is 54.6 Å². The first-order chi connectivity index (χ1) is 38.9. The van der Waals surface area contributed by atoms with Gasteiger partial charge in [-0.2, -0.15) is 18.2 Å². The summed E-state index contributed by atoms with van der Waals surface area (Å²) in [7, 11) is 0. The molecule has 5 aromatic rings. The third-order valence-corrected chi connectivity index (χ3v) is 16.0. The van der Waals surface area contributed by atoms with Crippen LogP contribution < -0.4 is 16.0 Å². The number of carbonyl (C=O) groups is 3. The van der Waals surface area contributed by atoms with Crippen LogP contribution in [-0.4, -0.2) is 191 Å². The Kier molecular flexibility index (Phi) is 22.0. The highest BCUT2D eigenvalue weighted by molar-refractivity contribution is 7.13. The summed E-state index contributed by atoms with van der Waals surface area (Å²) in [6, 6.07) is 14.6. The summed E-state index contributed by atoms with van der Waals surface area (Å²) in [5, 5.41) is 30.0. The van der Waals surface area contributed by atoms with E-state index in [2.05, 4.69) is 75.7 Å². The molecule has 3 aliphatic rings. The monoisotopic (exact) mass is 1150 g/mol. The first kappa shape index (κ1) is 61.4. The summed E-state index contributed by atoms with van der Waals surface area (Å²) in [6.45, 7) is 15.1. The number of amides is 3. The molecule has 8 rings (SSSR count). The lowest BCUT2D eigenvalue weighted by Gasteiger charge is -2.35. The highest BCUT2D eigenvalue weighted by Gasteiger charge is 2.44. The van der Waals surface area contributed by atoms with E-state index in [1.54, 1.807) is 17.5 Å². The van der Waals surface area contributed by atoms with Crippen LogP contribution in [0.4, 0.5) is 19.1 Å². The van der Waals surface area contributed by atoms with Gasteiger partial charge in [0, 0.05) is 94.7 Å². The first-order valence-corrected chi connectivity index (χ1v) is 29.0. The zero-order chi connectivity index (χ0) is 57.5. The third kappa shape index (κ3) is 17.9. The second kappa shape index (κ2) is 29.1. The maximum atomic E-state index is 14.0. The molecule has 1 saturated carbocycles. The van der Waals surface area contributed by atoms with Gasteiger partial charge in [0.15, 0.2) is 0 Å². The number of aliphatic hydroxyl groups excluding tert-OH is 2. The van der Waals surface area contributed by atoms with Crippen molar-refractivity contribution in [2.75, 3.05) is 104 Å². The van der Waals surface area contributed by atoms with Crippen LogP contribution in [0, 0.1) is 12.3 Å². The zero-order valence-corrected chi connectivity index (χ0v) is 47.7. The molecule has 5 heterocycles. The van der Waals surface area contributed by atoms with Crippen molar-refractivity contribution in [1.29, 1.82) is 0 Å². The molecule has 5 N–H and O–H groups in total. The number of nitrogens with one attached hydrogen (secondary N) is 3. The largest absolute Gasteiger partial charge is 0.393 e. The fraction of sp³-hybridized carbons (Fsp3) is 0.586. The molecule has 442 valence electrons. The van der Waals surface area contributed by atoms with Gasteiger partial charge in [-0.25, -0.2) is 9.97 Å². The van der Waals surface area contributed by atoms with E-state index in [0.717, 1.165) is 90.3 Å². The van der Waals surface area contributed by atoms with Gasteiger partial charge in [0.05, 0.1) is 81.0 Å². The number of benzene rings is 2. The standard InChI is InChI=1S/C58H79F3N10O9S/c1-39-51(81-38-65-39)43-11-5-40(6-12-43)32-63-54(75)49-31-46(73)35-71(49)55(76)52(57(2,3)4)66-50(74)37-80-30-29-79-28-27-78-26-25-77-24-23-68-19-21-69(22-20-68)34-41-7-9-42(10-8-41)48-36-70(44-13-15-45(72)16-14-44)53-47(48)33-64-56(67-53)62-18-17-58(59,60)61/h5-12,33,36,38,44-46,49,52,72-73H,13-32,34-35,37H2,1-4H3,(H,63,75)(H,66,74)(H,62,64,67)/t44?,45?,46-,49+,52-/m1/s1. The minimum Gasteiger partial charge on any atom is -0.393 e. The number of ether oxygens (including phenoxy) is 4. The quantitative estimate of drug-likeness (QED) is 0.0362. The van der Waals surface area contributed by atoms with Gasteiger partial charge in [0.25, 0.3) is 0 Å². The van der Waals surface area contributed by atoms with Crippen molar-refractivity contribution in [3.8, 4) is 21.6 Å². The van der Waals surface area contributed by atoms with Gasteiger partial charge in [-0.1, -0.05) is 69.3 Å². The third-order valence-electron chi connectivity index (χ3n) is 15.1. The molecule has 81 heavy (non-hydrogen) atoms. The number of likely N-dealkylation sites (tertiary alicyclic amines) is 1. The second-order valence-electron chi connectivity index (χ2n) is 22.3. The number of halogens is 3. The highest BCUT2D eigenvalue weighted by Crippen LogP contribution is 2.37. The van der Waals surface area contributed by atoms with Crippen LogP contribution in [-0.2, 0) is 46.4 Å². The van der Waals surface area contributed by atoms with Gasteiger partial charge in [0.2, 0.25) is 23.7 Å².